The molecule has 1 fully saturated rings. The van der Waals surface area contributed by atoms with Gasteiger partial charge in [-0.3, -0.25) is 14.4 Å². The second-order valence-corrected chi connectivity index (χ2v) is 6.64. The fraction of sp³-hybridized carbons (Fsp3) is 0.733. The molecule has 11 heteroatoms. The van der Waals surface area contributed by atoms with Gasteiger partial charge in [0.25, 0.3) is 0 Å². The van der Waals surface area contributed by atoms with E-state index < -0.39 is 54.0 Å². The van der Waals surface area contributed by atoms with E-state index in [1.54, 1.807) is 0 Å². The van der Waals surface area contributed by atoms with Crippen LogP contribution >= 0.6 is 12.6 Å². The van der Waals surface area contributed by atoms with Crippen molar-refractivity contribution in [3.8, 4) is 0 Å². The first kappa shape index (κ1) is 22.2. The minimum absolute atomic E-state index is 0.0977. The Morgan fingerprint density at radius 2 is 1.85 bits per heavy atom. The number of carbonyl (C=O) groups is 4. The van der Waals surface area contributed by atoms with Crippen molar-refractivity contribution < 1.29 is 29.4 Å². The molecule has 0 aromatic heterocycles. The molecule has 26 heavy (non-hydrogen) atoms. The van der Waals surface area contributed by atoms with E-state index in [1.165, 1.54) is 13.8 Å². The molecular weight excluding hydrogens is 364 g/mol. The van der Waals surface area contributed by atoms with Crippen LogP contribution in [-0.4, -0.2) is 81.4 Å². The van der Waals surface area contributed by atoms with Gasteiger partial charge in [0.05, 0.1) is 12.1 Å². The summed E-state index contributed by atoms with van der Waals surface area (Å²) in [4.78, 5) is 49.0. The molecule has 0 saturated carbocycles. The average molecular weight is 390 g/mol. The second-order valence-electron chi connectivity index (χ2n) is 6.27. The number of nitrogens with one attached hydrogen (secondary N) is 2. The number of hydrogen-bond donors (Lipinski definition) is 6. The molecule has 0 bridgehead atoms. The van der Waals surface area contributed by atoms with Crippen molar-refractivity contribution in [3.63, 3.8) is 0 Å². The van der Waals surface area contributed by atoms with Gasteiger partial charge in [-0.1, -0.05) is 0 Å². The number of aliphatic carboxylic acids is 1. The summed E-state index contributed by atoms with van der Waals surface area (Å²) in [6.45, 7) is 2.95. The Morgan fingerprint density at radius 3 is 2.35 bits per heavy atom. The van der Waals surface area contributed by atoms with Gasteiger partial charge in [0.15, 0.2) is 0 Å². The molecular formula is C15H26N4O6S. The number of carboxylic acids is 1. The highest BCUT2D eigenvalue weighted by Crippen LogP contribution is 2.19. The van der Waals surface area contributed by atoms with Crippen LogP contribution in [0.1, 0.15) is 26.7 Å². The lowest BCUT2D eigenvalue weighted by molar-refractivity contribution is -0.150. The van der Waals surface area contributed by atoms with Gasteiger partial charge in [-0.25, -0.2) is 4.79 Å². The summed E-state index contributed by atoms with van der Waals surface area (Å²) in [6.07, 6.45) is -0.406. The standard InChI is InChI=1S/C15H26N4O6S/c1-7(17-13(22)9(16)6-26)12(21)18-11(8(2)20)14(23)19-5-3-4-10(19)15(24)25/h7-11,20,26H,3-6,16H2,1-2H3,(H,17,22)(H,18,21)(H,24,25). The smallest absolute Gasteiger partial charge is 0.326 e. The highest BCUT2D eigenvalue weighted by Gasteiger charge is 2.39. The van der Waals surface area contributed by atoms with E-state index in [1.807, 2.05) is 0 Å². The van der Waals surface area contributed by atoms with Crippen molar-refractivity contribution in [1.29, 1.82) is 0 Å². The molecule has 1 heterocycles. The maximum Gasteiger partial charge on any atom is 0.326 e. The van der Waals surface area contributed by atoms with Crippen molar-refractivity contribution in [2.75, 3.05) is 12.3 Å². The lowest BCUT2D eigenvalue weighted by Crippen LogP contribution is -2.59. The number of aliphatic hydroxyl groups is 1. The molecule has 0 aromatic carbocycles. The Morgan fingerprint density at radius 1 is 1.23 bits per heavy atom. The zero-order valence-electron chi connectivity index (χ0n) is 14.7. The lowest BCUT2D eigenvalue weighted by Gasteiger charge is -2.29. The minimum Gasteiger partial charge on any atom is -0.480 e. The number of nitrogens with zero attached hydrogens (tertiary/aromatic N) is 1. The molecule has 10 nitrogen and oxygen atoms in total. The van der Waals surface area contributed by atoms with E-state index in [9.17, 15) is 29.4 Å². The van der Waals surface area contributed by atoms with Crippen LogP contribution in [0, 0.1) is 0 Å². The molecule has 0 aliphatic carbocycles. The first-order valence-electron chi connectivity index (χ1n) is 8.28. The first-order chi connectivity index (χ1) is 12.1. The van der Waals surface area contributed by atoms with E-state index in [0.717, 1.165) is 4.90 Å². The van der Waals surface area contributed by atoms with Crippen molar-refractivity contribution in [3.05, 3.63) is 0 Å². The monoisotopic (exact) mass is 390 g/mol. The Labute approximate surface area is 156 Å². The Bertz CT molecular complexity index is 558. The second kappa shape index (κ2) is 9.74. The Kier molecular flexibility index (Phi) is 8.31. The Hall–Kier alpha value is -1.85. The third kappa shape index (κ3) is 5.58. The number of carboxylic acid groups (broad SMARTS) is 1. The third-order valence-corrected chi connectivity index (χ3v) is 4.55. The van der Waals surface area contributed by atoms with E-state index in [0.29, 0.717) is 12.8 Å². The van der Waals surface area contributed by atoms with Crippen LogP contribution in [0.3, 0.4) is 0 Å². The predicted molar refractivity (Wildman–Crippen MR) is 95.4 cm³/mol. The van der Waals surface area contributed by atoms with Crippen molar-refractivity contribution in [1.82, 2.24) is 15.5 Å². The predicted octanol–water partition coefficient (Wildman–Crippen LogP) is -2.31. The molecule has 148 valence electrons. The Balaban J connectivity index is 2.78. The first-order valence-corrected chi connectivity index (χ1v) is 8.91. The number of nitrogens with two attached hydrogens (primary N) is 1. The van der Waals surface area contributed by atoms with Crippen LogP contribution < -0.4 is 16.4 Å². The van der Waals surface area contributed by atoms with Crippen LogP contribution in [0.15, 0.2) is 0 Å². The van der Waals surface area contributed by atoms with Crippen molar-refractivity contribution >= 4 is 36.3 Å². The van der Waals surface area contributed by atoms with Gasteiger partial charge >= 0.3 is 5.97 Å². The average Bonchev–Trinajstić information content (AvgIpc) is 3.07. The van der Waals surface area contributed by atoms with Crippen LogP contribution in [0.5, 0.6) is 0 Å². The van der Waals surface area contributed by atoms with Gasteiger partial charge in [0, 0.05) is 12.3 Å². The summed E-state index contributed by atoms with van der Waals surface area (Å²) in [5.41, 5.74) is 5.51. The van der Waals surface area contributed by atoms with E-state index >= 15 is 0 Å². The van der Waals surface area contributed by atoms with Crippen LogP contribution in [0.25, 0.3) is 0 Å². The highest BCUT2D eigenvalue weighted by molar-refractivity contribution is 7.80. The molecule has 0 aromatic rings. The highest BCUT2D eigenvalue weighted by atomic mass is 32.1. The summed E-state index contributed by atoms with van der Waals surface area (Å²) < 4.78 is 0. The number of thiol groups is 1. The van der Waals surface area contributed by atoms with E-state index in [2.05, 4.69) is 23.3 Å². The molecule has 6 N–H and O–H groups in total. The zero-order chi connectivity index (χ0) is 20.0. The molecule has 5 unspecified atom stereocenters. The topological polar surface area (TPSA) is 162 Å². The fourth-order valence-electron chi connectivity index (χ4n) is 2.60. The molecule has 1 saturated heterocycles. The van der Waals surface area contributed by atoms with Gasteiger partial charge in [0.1, 0.15) is 18.1 Å². The number of hydrogen-bond acceptors (Lipinski definition) is 7. The largest absolute Gasteiger partial charge is 0.480 e. The zero-order valence-corrected chi connectivity index (χ0v) is 15.6. The van der Waals surface area contributed by atoms with Crippen molar-refractivity contribution in [2.24, 2.45) is 5.73 Å². The van der Waals surface area contributed by atoms with Crippen molar-refractivity contribution in [2.45, 2.75) is 57.0 Å². The van der Waals surface area contributed by atoms with Crippen LogP contribution in [-0.2, 0) is 19.2 Å². The summed E-state index contributed by atoms with van der Waals surface area (Å²) in [5, 5.41) is 23.8. The number of likely N-dealkylation sites (tertiary alicyclic amines) is 1. The number of carbonyl (C=O) groups excluding carboxylic acids is 3. The van der Waals surface area contributed by atoms with Crippen LogP contribution in [0.4, 0.5) is 0 Å². The lowest BCUT2D eigenvalue weighted by atomic mass is 10.1. The van der Waals surface area contributed by atoms with E-state index in [-0.39, 0.29) is 12.3 Å². The van der Waals surface area contributed by atoms with E-state index in [4.69, 9.17) is 5.73 Å². The summed E-state index contributed by atoms with van der Waals surface area (Å²) in [6, 6.07) is -4.19. The number of aliphatic hydroxyl groups excluding tert-OH is 1. The number of amides is 3. The van der Waals surface area contributed by atoms with Gasteiger partial charge in [-0.2, -0.15) is 12.6 Å². The maximum atomic E-state index is 12.6. The number of rotatable bonds is 8. The summed E-state index contributed by atoms with van der Waals surface area (Å²) >= 11 is 3.90. The SMILES string of the molecule is CC(NC(=O)C(N)CS)C(=O)NC(C(=O)N1CCCC1C(=O)O)C(C)O. The van der Waals surface area contributed by atoms with Crippen LogP contribution in [0.2, 0.25) is 0 Å². The summed E-state index contributed by atoms with van der Waals surface area (Å²) in [5.74, 6) is -2.99. The van der Waals surface area contributed by atoms with Gasteiger partial charge < -0.3 is 31.5 Å². The fourth-order valence-corrected chi connectivity index (χ4v) is 2.77. The molecule has 3 amide bonds. The third-order valence-electron chi connectivity index (χ3n) is 4.15. The molecule has 1 aliphatic rings. The minimum atomic E-state index is -1.32. The molecule has 5 atom stereocenters. The summed E-state index contributed by atoms with van der Waals surface area (Å²) in [7, 11) is 0. The molecule has 1 aliphatic heterocycles. The van der Waals surface area contributed by atoms with Gasteiger partial charge in [0.2, 0.25) is 17.7 Å². The molecule has 0 radical (unpaired) electrons. The molecule has 1 rings (SSSR count). The van der Waals surface area contributed by atoms with Gasteiger partial charge in [-0.05, 0) is 26.7 Å². The molecule has 0 spiro atoms. The quantitative estimate of drug-likeness (QED) is 0.254. The normalized spacial score (nSPS) is 21.4. The van der Waals surface area contributed by atoms with Gasteiger partial charge in [-0.15, -0.1) is 0 Å². The maximum absolute atomic E-state index is 12.6.